The zero-order valence-electron chi connectivity index (χ0n) is 19.8. The van der Waals surface area contributed by atoms with Gasteiger partial charge < -0.3 is 20.3 Å². The molecule has 3 aromatic rings. The number of nitrogens with one attached hydrogen (secondary N) is 1. The number of halogens is 4. The molecule has 3 N–H and O–H groups in total. The molecule has 0 fully saturated rings. The number of benzene rings is 2. The predicted molar refractivity (Wildman–Crippen MR) is 131 cm³/mol. The van der Waals surface area contributed by atoms with Gasteiger partial charge in [0.05, 0.1) is 42.1 Å². The number of hydrogen-bond acceptors (Lipinski definition) is 6. The second-order valence-corrected chi connectivity index (χ2v) is 8.46. The molecule has 0 radical (unpaired) electrons. The number of aliphatic hydroxyl groups excluding tert-OH is 2. The lowest BCUT2D eigenvalue weighted by atomic mass is 9.98. The first-order chi connectivity index (χ1) is 18.1. The molecule has 1 aliphatic heterocycles. The average Bonchev–Trinajstić information content (AvgIpc) is 3.37. The molecule has 7 nitrogen and oxygen atoms in total. The largest absolute Gasteiger partial charge is 0.573 e. The number of ether oxygens (including phenoxy) is 1. The number of rotatable bonds is 9. The van der Waals surface area contributed by atoms with Crippen molar-refractivity contribution in [3.8, 4) is 5.75 Å². The third kappa shape index (κ3) is 6.61. The first kappa shape index (κ1) is 27.0. The Morgan fingerprint density at radius 1 is 1.08 bits per heavy atom. The van der Waals surface area contributed by atoms with Crippen LogP contribution in [-0.2, 0) is 6.42 Å². The van der Waals surface area contributed by atoms with Gasteiger partial charge in [0.25, 0.3) is 5.91 Å². The molecular weight excluding hydrogens is 506 g/mol. The molecule has 1 unspecified atom stereocenters. The van der Waals surface area contributed by atoms with Gasteiger partial charge in [-0.25, -0.2) is 4.39 Å². The number of aromatic nitrogens is 1. The number of carbonyl (C=O) groups excluding carboxylic acids is 1. The molecule has 11 heteroatoms. The van der Waals surface area contributed by atoms with Gasteiger partial charge in [0.1, 0.15) is 11.6 Å². The van der Waals surface area contributed by atoms with E-state index in [2.05, 4.69) is 20.0 Å². The Kier molecular flexibility index (Phi) is 8.18. The van der Waals surface area contributed by atoms with Crippen molar-refractivity contribution in [3.63, 3.8) is 0 Å². The fourth-order valence-electron chi connectivity index (χ4n) is 4.01. The van der Waals surface area contributed by atoms with Gasteiger partial charge in [0.15, 0.2) is 0 Å². The van der Waals surface area contributed by atoms with Crippen LogP contribution >= 0.6 is 0 Å². The third-order valence-electron chi connectivity index (χ3n) is 5.82. The predicted octanol–water partition coefficient (Wildman–Crippen LogP) is 3.70. The highest BCUT2D eigenvalue weighted by Crippen LogP contribution is 2.32. The zero-order valence-corrected chi connectivity index (χ0v) is 19.8. The van der Waals surface area contributed by atoms with Crippen molar-refractivity contribution in [1.82, 2.24) is 10.3 Å². The second-order valence-electron chi connectivity index (χ2n) is 8.46. The number of pyridine rings is 1. The van der Waals surface area contributed by atoms with Crippen molar-refractivity contribution in [1.29, 1.82) is 0 Å². The van der Waals surface area contributed by atoms with E-state index in [1.54, 1.807) is 18.2 Å². The van der Waals surface area contributed by atoms with Crippen molar-refractivity contribution in [2.24, 2.45) is 4.99 Å². The molecule has 0 bridgehead atoms. The highest BCUT2D eigenvalue weighted by Gasteiger charge is 2.34. The Morgan fingerprint density at radius 2 is 1.84 bits per heavy atom. The van der Waals surface area contributed by atoms with Crippen molar-refractivity contribution in [2.45, 2.75) is 24.9 Å². The summed E-state index contributed by atoms with van der Waals surface area (Å²) in [4.78, 5) is 21.8. The van der Waals surface area contributed by atoms with Crippen LogP contribution in [0, 0.1) is 5.82 Å². The number of hydrogen-bond donors (Lipinski definition) is 3. The molecule has 1 aromatic heterocycles. The van der Waals surface area contributed by atoms with Crippen molar-refractivity contribution >= 4 is 17.2 Å². The topological polar surface area (TPSA) is 104 Å². The normalized spacial score (nSPS) is 14.9. The van der Waals surface area contributed by atoms with Crippen LogP contribution in [0.3, 0.4) is 0 Å². The number of carbonyl (C=O) groups is 1. The maximum absolute atomic E-state index is 13.4. The van der Waals surface area contributed by atoms with Gasteiger partial charge in [-0.1, -0.05) is 24.3 Å². The standard InChI is InChI=1S/C27H23F4N3O4/c28-18-9-7-16(8-10-18)17-12-22(33-14-17)25-20(5-3-6-24(25)38-27(29,30)31)26(37)34-21(23(36)15-35)13-19-4-1-2-11-32-19/h1-12,21,23,35-36H,13-15H2,(H,34,37)/t21-,23?/m1/s1. The maximum atomic E-state index is 13.4. The van der Waals surface area contributed by atoms with E-state index < -0.39 is 42.6 Å². The molecule has 0 saturated carbocycles. The monoisotopic (exact) mass is 529 g/mol. The number of allylic oxidation sites excluding steroid dienone is 1. The minimum absolute atomic E-state index is 0.0535. The molecule has 2 atom stereocenters. The van der Waals surface area contributed by atoms with Crippen molar-refractivity contribution < 1.29 is 37.3 Å². The van der Waals surface area contributed by atoms with Gasteiger partial charge in [0.2, 0.25) is 0 Å². The Labute approximate surface area is 215 Å². The fraction of sp³-hybridized carbons (Fsp3) is 0.222. The Hall–Kier alpha value is -4.09. The van der Waals surface area contributed by atoms with E-state index in [4.69, 9.17) is 0 Å². The summed E-state index contributed by atoms with van der Waals surface area (Å²) in [5.74, 6) is -1.89. The van der Waals surface area contributed by atoms with Gasteiger partial charge in [-0.05, 0) is 53.6 Å². The van der Waals surface area contributed by atoms with Crippen LogP contribution in [0.15, 0.2) is 77.9 Å². The summed E-state index contributed by atoms with van der Waals surface area (Å²) in [5, 5.41) is 22.4. The Morgan fingerprint density at radius 3 is 2.50 bits per heavy atom. The zero-order chi connectivity index (χ0) is 27.3. The smallest absolute Gasteiger partial charge is 0.405 e. The number of alkyl halides is 3. The maximum Gasteiger partial charge on any atom is 0.573 e. The van der Waals surface area contributed by atoms with Crippen LogP contribution in [0.2, 0.25) is 0 Å². The Balaban J connectivity index is 1.70. The van der Waals surface area contributed by atoms with Crippen LogP contribution in [0.5, 0.6) is 5.75 Å². The van der Waals surface area contributed by atoms with E-state index in [-0.39, 0.29) is 29.8 Å². The molecule has 0 aliphatic carbocycles. The van der Waals surface area contributed by atoms with Gasteiger partial charge >= 0.3 is 6.36 Å². The average molecular weight is 529 g/mol. The number of amides is 1. The first-order valence-electron chi connectivity index (χ1n) is 11.5. The summed E-state index contributed by atoms with van der Waals surface area (Å²) in [5.41, 5.74) is 1.43. The van der Waals surface area contributed by atoms with Crippen molar-refractivity contribution in [2.75, 3.05) is 13.2 Å². The molecule has 2 aromatic carbocycles. The molecule has 1 amide bonds. The fourth-order valence-corrected chi connectivity index (χ4v) is 4.01. The molecule has 2 heterocycles. The minimum Gasteiger partial charge on any atom is -0.405 e. The van der Waals surface area contributed by atoms with Crippen LogP contribution in [0.4, 0.5) is 17.6 Å². The summed E-state index contributed by atoms with van der Waals surface area (Å²) in [7, 11) is 0. The molecule has 198 valence electrons. The summed E-state index contributed by atoms with van der Waals surface area (Å²) in [6, 6.07) is 13.2. The summed E-state index contributed by atoms with van der Waals surface area (Å²) in [6.45, 7) is -0.577. The second kappa shape index (κ2) is 11.5. The molecule has 4 rings (SSSR count). The highest BCUT2D eigenvalue weighted by atomic mass is 19.4. The Bertz CT molecular complexity index is 1340. The van der Waals surface area contributed by atoms with Gasteiger partial charge in [-0.2, -0.15) is 0 Å². The van der Waals surface area contributed by atoms with Crippen molar-refractivity contribution in [3.05, 3.63) is 101 Å². The number of aliphatic imine (C=N–C) groups is 1. The quantitative estimate of drug-likeness (QED) is 0.367. The van der Waals surface area contributed by atoms with E-state index in [1.165, 1.54) is 48.7 Å². The van der Waals surface area contributed by atoms with E-state index in [9.17, 15) is 32.6 Å². The van der Waals surface area contributed by atoms with Gasteiger partial charge in [-0.3, -0.25) is 14.8 Å². The SMILES string of the molecule is O=C(N[C@H](Cc1ccccn1)C(O)CO)c1cccc(OC(F)(F)F)c1C1=NCC(c2ccc(F)cc2)=C1. The number of aliphatic hydroxyl groups is 2. The van der Waals surface area contributed by atoms with Crippen LogP contribution < -0.4 is 10.1 Å². The van der Waals surface area contributed by atoms with E-state index in [1.807, 2.05) is 0 Å². The lowest BCUT2D eigenvalue weighted by Gasteiger charge is -2.24. The summed E-state index contributed by atoms with van der Waals surface area (Å²) >= 11 is 0. The summed E-state index contributed by atoms with van der Waals surface area (Å²) in [6.07, 6.45) is -3.32. The first-order valence-corrected chi connectivity index (χ1v) is 11.5. The molecular formula is C27H23F4N3O4. The van der Waals surface area contributed by atoms with E-state index in [0.29, 0.717) is 16.8 Å². The third-order valence-corrected chi connectivity index (χ3v) is 5.82. The molecule has 0 saturated heterocycles. The minimum atomic E-state index is -5.04. The van der Waals surface area contributed by atoms with E-state index in [0.717, 1.165) is 6.07 Å². The van der Waals surface area contributed by atoms with Crippen LogP contribution in [0.25, 0.3) is 5.57 Å². The van der Waals surface area contributed by atoms with Crippen LogP contribution in [-0.4, -0.2) is 58.5 Å². The molecule has 38 heavy (non-hydrogen) atoms. The number of nitrogens with zero attached hydrogens (tertiary/aromatic N) is 2. The molecule has 0 spiro atoms. The highest BCUT2D eigenvalue weighted by molar-refractivity contribution is 6.20. The lowest BCUT2D eigenvalue weighted by Crippen LogP contribution is -2.46. The molecule has 1 aliphatic rings. The van der Waals surface area contributed by atoms with E-state index >= 15 is 0 Å². The van der Waals surface area contributed by atoms with Crippen LogP contribution in [0.1, 0.15) is 27.2 Å². The summed E-state index contributed by atoms with van der Waals surface area (Å²) < 4.78 is 57.3. The van der Waals surface area contributed by atoms with Gasteiger partial charge in [0, 0.05) is 18.3 Å². The van der Waals surface area contributed by atoms with Gasteiger partial charge in [-0.15, -0.1) is 13.2 Å². The lowest BCUT2D eigenvalue weighted by molar-refractivity contribution is -0.274.